The van der Waals surface area contributed by atoms with Crippen molar-refractivity contribution in [3.8, 4) is 0 Å². The second-order valence-electron chi connectivity index (χ2n) is 5.99. The largest absolute Gasteiger partial charge is 0.397 e. The lowest BCUT2D eigenvalue weighted by Gasteiger charge is -2.38. The fourth-order valence-corrected chi connectivity index (χ4v) is 4.27. The third-order valence-corrected chi connectivity index (χ3v) is 5.46. The third-order valence-electron chi connectivity index (χ3n) is 4.36. The number of pyridine rings is 1. The number of anilines is 1. The lowest BCUT2D eigenvalue weighted by atomic mass is 9.97. The monoisotopic (exact) mass is 303 g/mol. The van der Waals surface area contributed by atoms with Gasteiger partial charge in [0.1, 0.15) is 9.71 Å². The molecule has 21 heavy (non-hydrogen) atoms. The van der Waals surface area contributed by atoms with Gasteiger partial charge in [0.25, 0.3) is 5.91 Å². The Morgan fingerprint density at radius 2 is 2.00 bits per heavy atom. The van der Waals surface area contributed by atoms with Gasteiger partial charge in [0.05, 0.1) is 5.69 Å². The van der Waals surface area contributed by atoms with Gasteiger partial charge in [0, 0.05) is 23.2 Å². The second kappa shape index (κ2) is 5.30. The van der Waals surface area contributed by atoms with Gasteiger partial charge in [-0.15, -0.1) is 11.3 Å². The Morgan fingerprint density at radius 1 is 1.33 bits per heavy atom. The van der Waals surface area contributed by atoms with Crippen molar-refractivity contribution in [3.05, 3.63) is 22.7 Å². The first kappa shape index (κ1) is 14.3. The van der Waals surface area contributed by atoms with Crippen molar-refractivity contribution in [2.75, 3.05) is 5.73 Å². The maximum absolute atomic E-state index is 12.9. The number of piperidine rings is 1. The van der Waals surface area contributed by atoms with Crippen molar-refractivity contribution in [2.45, 2.75) is 52.1 Å². The normalized spacial score (nSPS) is 22.7. The molecule has 0 saturated carbocycles. The van der Waals surface area contributed by atoms with Gasteiger partial charge >= 0.3 is 0 Å². The van der Waals surface area contributed by atoms with E-state index in [1.807, 2.05) is 24.0 Å². The van der Waals surface area contributed by atoms with Crippen LogP contribution in [0.1, 0.15) is 48.5 Å². The van der Waals surface area contributed by atoms with Crippen LogP contribution in [0.4, 0.5) is 5.69 Å². The number of fused-ring (bicyclic) bond motifs is 1. The third kappa shape index (κ3) is 2.39. The summed E-state index contributed by atoms with van der Waals surface area (Å²) in [5.41, 5.74) is 7.74. The van der Waals surface area contributed by atoms with Crippen LogP contribution in [0.3, 0.4) is 0 Å². The highest BCUT2D eigenvalue weighted by atomic mass is 32.1. The second-order valence-corrected chi connectivity index (χ2v) is 6.99. The van der Waals surface area contributed by atoms with Crippen LogP contribution >= 0.6 is 11.3 Å². The minimum atomic E-state index is 0.0628. The van der Waals surface area contributed by atoms with E-state index in [1.165, 1.54) is 17.8 Å². The average molecular weight is 303 g/mol. The lowest BCUT2D eigenvalue weighted by molar-refractivity contribution is 0.0517. The fraction of sp³-hybridized carbons (Fsp3) is 0.500. The molecule has 0 unspecified atom stereocenters. The summed E-state index contributed by atoms with van der Waals surface area (Å²) in [6.45, 7) is 6.20. The quantitative estimate of drug-likeness (QED) is 0.876. The lowest BCUT2D eigenvalue weighted by Crippen LogP contribution is -2.47. The number of thiophene rings is 1. The molecule has 1 aliphatic rings. The zero-order chi connectivity index (χ0) is 15.1. The SMILES string of the molecule is Cc1ccc2c(N)c(C(=O)N3[C@H](C)CCC[C@@H]3C)sc2n1. The maximum atomic E-state index is 12.9. The highest BCUT2D eigenvalue weighted by Crippen LogP contribution is 2.35. The predicted octanol–water partition coefficient (Wildman–Crippen LogP) is 3.59. The van der Waals surface area contributed by atoms with E-state index in [0.717, 1.165) is 28.8 Å². The number of rotatable bonds is 1. The number of likely N-dealkylation sites (tertiary alicyclic amines) is 1. The van der Waals surface area contributed by atoms with Crippen LogP contribution in [-0.2, 0) is 0 Å². The summed E-state index contributed by atoms with van der Waals surface area (Å²) < 4.78 is 0. The standard InChI is InChI=1S/C16H21N3OS/c1-9-7-8-12-13(17)14(21-15(12)18-9)16(20)19-10(2)5-4-6-11(19)3/h7-8,10-11H,4-6,17H2,1-3H3/t10-,11+. The van der Waals surface area contributed by atoms with Crippen LogP contribution in [0.15, 0.2) is 12.1 Å². The zero-order valence-electron chi connectivity index (χ0n) is 12.7. The predicted molar refractivity (Wildman–Crippen MR) is 87.7 cm³/mol. The Bertz CT molecular complexity index is 684. The molecule has 2 aromatic rings. The zero-order valence-corrected chi connectivity index (χ0v) is 13.5. The number of aromatic nitrogens is 1. The van der Waals surface area contributed by atoms with Crippen LogP contribution in [0, 0.1) is 6.92 Å². The van der Waals surface area contributed by atoms with E-state index in [1.54, 1.807) is 0 Å². The topological polar surface area (TPSA) is 59.2 Å². The molecule has 1 saturated heterocycles. The summed E-state index contributed by atoms with van der Waals surface area (Å²) in [5.74, 6) is 0.0628. The molecule has 0 aliphatic carbocycles. The molecule has 0 aromatic carbocycles. The summed E-state index contributed by atoms with van der Waals surface area (Å²) in [4.78, 5) is 20.9. The Balaban J connectivity index is 2.03. The van der Waals surface area contributed by atoms with Crippen molar-refractivity contribution in [1.29, 1.82) is 0 Å². The van der Waals surface area contributed by atoms with E-state index in [4.69, 9.17) is 5.73 Å². The molecular weight excluding hydrogens is 282 g/mol. The van der Waals surface area contributed by atoms with Gasteiger partial charge in [-0.3, -0.25) is 4.79 Å². The van der Waals surface area contributed by atoms with Gasteiger partial charge in [-0.05, 0) is 52.2 Å². The van der Waals surface area contributed by atoms with Crippen molar-refractivity contribution in [2.24, 2.45) is 0 Å². The highest BCUT2D eigenvalue weighted by molar-refractivity contribution is 7.21. The molecule has 4 nitrogen and oxygen atoms in total. The summed E-state index contributed by atoms with van der Waals surface area (Å²) in [5, 5.41) is 0.895. The van der Waals surface area contributed by atoms with E-state index < -0.39 is 0 Å². The van der Waals surface area contributed by atoms with E-state index in [2.05, 4.69) is 18.8 Å². The summed E-state index contributed by atoms with van der Waals surface area (Å²) in [6, 6.07) is 4.45. The number of hydrogen-bond acceptors (Lipinski definition) is 4. The first-order chi connectivity index (χ1) is 9.99. The first-order valence-corrected chi connectivity index (χ1v) is 8.29. The first-order valence-electron chi connectivity index (χ1n) is 7.47. The van der Waals surface area contributed by atoms with Gasteiger partial charge in [-0.1, -0.05) is 0 Å². The van der Waals surface area contributed by atoms with E-state index in [9.17, 15) is 4.79 Å². The van der Waals surface area contributed by atoms with Crippen molar-refractivity contribution < 1.29 is 4.79 Å². The average Bonchev–Trinajstić information content (AvgIpc) is 2.75. The molecule has 3 heterocycles. The van der Waals surface area contributed by atoms with Gasteiger partial charge in [0.2, 0.25) is 0 Å². The number of nitrogens with two attached hydrogens (primary N) is 1. The molecule has 2 aromatic heterocycles. The van der Waals surface area contributed by atoms with Crippen LogP contribution < -0.4 is 5.73 Å². The fourth-order valence-electron chi connectivity index (χ4n) is 3.19. The van der Waals surface area contributed by atoms with Crippen LogP contribution in [0.2, 0.25) is 0 Å². The summed E-state index contributed by atoms with van der Waals surface area (Å²) in [6.07, 6.45) is 3.32. The molecule has 2 N–H and O–H groups in total. The van der Waals surface area contributed by atoms with Crippen LogP contribution in [0.25, 0.3) is 10.2 Å². The molecule has 1 fully saturated rings. The van der Waals surface area contributed by atoms with Gasteiger partial charge in [0.15, 0.2) is 0 Å². The smallest absolute Gasteiger partial charge is 0.266 e. The van der Waals surface area contributed by atoms with E-state index >= 15 is 0 Å². The van der Waals surface area contributed by atoms with Crippen LogP contribution in [-0.4, -0.2) is 27.9 Å². The van der Waals surface area contributed by atoms with Gasteiger partial charge in [-0.2, -0.15) is 0 Å². The molecule has 5 heteroatoms. The highest BCUT2D eigenvalue weighted by Gasteiger charge is 2.32. The van der Waals surface area contributed by atoms with Gasteiger partial charge in [-0.25, -0.2) is 4.98 Å². The Kier molecular flexibility index (Phi) is 3.61. The molecule has 0 spiro atoms. The number of nitrogen functional groups attached to an aromatic ring is 1. The molecule has 1 amide bonds. The Labute approximate surface area is 129 Å². The molecule has 2 atom stereocenters. The molecule has 0 bridgehead atoms. The summed E-state index contributed by atoms with van der Waals surface area (Å²) in [7, 11) is 0. The number of nitrogens with zero attached hydrogens (tertiary/aromatic N) is 2. The minimum Gasteiger partial charge on any atom is -0.397 e. The Morgan fingerprint density at radius 3 is 2.67 bits per heavy atom. The summed E-state index contributed by atoms with van der Waals surface area (Å²) >= 11 is 1.42. The maximum Gasteiger partial charge on any atom is 0.266 e. The van der Waals surface area contributed by atoms with Crippen molar-refractivity contribution in [1.82, 2.24) is 9.88 Å². The van der Waals surface area contributed by atoms with E-state index in [0.29, 0.717) is 10.6 Å². The Hall–Kier alpha value is -1.62. The van der Waals surface area contributed by atoms with Gasteiger partial charge < -0.3 is 10.6 Å². The van der Waals surface area contributed by atoms with Crippen molar-refractivity contribution >= 4 is 33.1 Å². The number of carbonyl (C=O) groups is 1. The molecule has 1 aliphatic heterocycles. The number of aryl methyl sites for hydroxylation is 1. The van der Waals surface area contributed by atoms with Crippen LogP contribution in [0.5, 0.6) is 0 Å². The molecule has 3 rings (SSSR count). The number of hydrogen-bond donors (Lipinski definition) is 1. The molecule has 0 radical (unpaired) electrons. The molecular formula is C16H21N3OS. The number of amides is 1. The van der Waals surface area contributed by atoms with E-state index in [-0.39, 0.29) is 18.0 Å². The van der Waals surface area contributed by atoms with Crippen molar-refractivity contribution in [3.63, 3.8) is 0 Å². The minimum absolute atomic E-state index is 0.0628. The number of carbonyl (C=O) groups excluding carboxylic acids is 1. The molecule has 112 valence electrons.